The number of nitrogens with zero attached hydrogens (tertiary/aromatic N) is 4. The number of aliphatic hydroxyl groups is 1. The van der Waals surface area contributed by atoms with Crippen LogP contribution in [0.5, 0.6) is 5.75 Å². The SMILES string of the molecule is OCc1ccn(-c2ncc(OCc3c(C(F)(F)F)cccc3C(F)(F)F)cn2)n1. The summed E-state index contributed by atoms with van der Waals surface area (Å²) >= 11 is 0. The number of rotatable bonds is 5. The first-order valence-corrected chi connectivity index (χ1v) is 7.96. The van der Waals surface area contributed by atoms with Gasteiger partial charge >= 0.3 is 12.4 Å². The molecule has 0 radical (unpaired) electrons. The van der Waals surface area contributed by atoms with Crippen molar-refractivity contribution in [1.29, 1.82) is 0 Å². The molecule has 1 aromatic carbocycles. The van der Waals surface area contributed by atoms with Gasteiger partial charge in [-0.05, 0) is 18.2 Å². The Kier molecular flexibility index (Phi) is 5.46. The van der Waals surface area contributed by atoms with Gasteiger partial charge in [-0.1, -0.05) is 6.07 Å². The monoisotopic (exact) mass is 418 g/mol. The second kappa shape index (κ2) is 7.70. The van der Waals surface area contributed by atoms with E-state index in [-0.39, 0.29) is 18.3 Å². The summed E-state index contributed by atoms with van der Waals surface area (Å²) in [5.74, 6) is -0.0582. The number of hydrogen-bond donors (Lipinski definition) is 1. The molecule has 0 aliphatic rings. The van der Waals surface area contributed by atoms with Crippen LogP contribution in [-0.4, -0.2) is 24.9 Å². The molecule has 6 nitrogen and oxygen atoms in total. The van der Waals surface area contributed by atoms with Gasteiger partial charge in [-0.2, -0.15) is 31.4 Å². The van der Waals surface area contributed by atoms with Gasteiger partial charge in [0.15, 0.2) is 5.75 Å². The third-order valence-corrected chi connectivity index (χ3v) is 3.80. The molecule has 0 aliphatic heterocycles. The van der Waals surface area contributed by atoms with Gasteiger partial charge in [-0.3, -0.25) is 0 Å². The van der Waals surface area contributed by atoms with Crippen LogP contribution in [0.1, 0.15) is 22.4 Å². The van der Waals surface area contributed by atoms with Crippen molar-refractivity contribution >= 4 is 0 Å². The number of alkyl halides is 6. The van der Waals surface area contributed by atoms with Crippen LogP contribution >= 0.6 is 0 Å². The van der Waals surface area contributed by atoms with Crippen LogP contribution < -0.4 is 4.74 Å². The highest BCUT2D eigenvalue weighted by Gasteiger charge is 2.40. The van der Waals surface area contributed by atoms with E-state index in [2.05, 4.69) is 15.1 Å². The molecule has 0 atom stereocenters. The van der Waals surface area contributed by atoms with Gasteiger partial charge < -0.3 is 9.84 Å². The van der Waals surface area contributed by atoms with Crippen molar-refractivity contribution < 1.29 is 36.2 Å². The number of aliphatic hydroxyl groups excluding tert-OH is 1. The summed E-state index contributed by atoms with van der Waals surface area (Å²) in [5.41, 5.74) is -3.54. The maximum Gasteiger partial charge on any atom is 0.416 e. The van der Waals surface area contributed by atoms with E-state index in [9.17, 15) is 26.3 Å². The van der Waals surface area contributed by atoms with E-state index in [1.165, 1.54) is 16.9 Å². The zero-order valence-electron chi connectivity index (χ0n) is 14.4. The van der Waals surface area contributed by atoms with Gasteiger partial charge in [0.1, 0.15) is 6.61 Å². The molecule has 0 aliphatic carbocycles. The number of aromatic nitrogens is 4. The Morgan fingerprint density at radius 1 is 0.931 bits per heavy atom. The maximum atomic E-state index is 13.1. The fourth-order valence-corrected chi connectivity index (χ4v) is 2.49. The van der Waals surface area contributed by atoms with E-state index >= 15 is 0 Å². The summed E-state index contributed by atoms with van der Waals surface area (Å²) in [5, 5.41) is 12.9. The summed E-state index contributed by atoms with van der Waals surface area (Å²) < 4.78 is 85.2. The van der Waals surface area contributed by atoms with E-state index in [1.807, 2.05) is 0 Å². The average Bonchev–Trinajstić information content (AvgIpc) is 3.14. The van der Waals surface area contributed by atoms with Crippen LogP contribution in [0.15, 0.2) is 42.9 Å². The van der Waals surface area contributed by atoms with Crippen molar-refractivity contribution in [3.63, 3.8) is 0 Å². The highest BCUT2D eigenvalue weighted by atomic mass is 19.4. The number of benzene rings is 1. The lowest BCUT2D eigenvalue weighted by atomic mass is 10.0. The Labute approximate surface area is 159 Å². The van der Waals surface area contributed by atoms with Crippen molar-refractivity contribution in [2.45, 2.75) is 25.6 Å². The molecule has 0 bridgehead atoms. The third kappa shape index (κ3) is 4.65. The van der Waals surface area contributed by atoms with E-state index in [0.29, 0.717) is 23.9 Å². The molecule has 0 amide bonds. The zero-order chi connectivity index (χ0) is 21.2. The van der Waals surface area contributed by atoms with Crippen molar-refractivity contribution in [2.24, 2.45) is 0 Å². The molecule has 0 saturated carbocycles. The zero-order valence-corrected chi connectivity index (χ0v) is 14.4. The quantitative estimate of drug-likeness (QED) is 0.639. The highest BCUT2D eigenvalue weighted by Crippen LogP contribution is 2.39. The molecule has 0 unspecified atom stereocenters. The summed E-state index contributed by atoms with van der Waals surface area (Å²) in [7, 11) is 0. The molecular weight excluding hydrogens is 406 g/mol. The summed E-state index contributed by atoms with van der Waals surface area (Å²) in [6.45, 7) is -1.28. The van der Waals surface area contributed by atoms with Gasteiger partial charge in [-0.25, -0.2) is 14.6 Å². The summed E-state index contributed by atoms with van der Waals surface area (Å²) in [6.07, 6.45) is -6.32. The minimum atomic E-state index is -4.98. The van der Waals surface area contributed by atoms with Crippen LogP contribution in [0.2, 0.25) is 0 Å². The Balaban J connectivity index is 1.84. The molecule has 3 aromatic rings. The van der Waals surface area contributed by atoms with Gasteiger partial charge in [0.25, 0.3) is 5.95 Å². The van der Waals surface area contributed by atoms with Crippen LogP contribution in [0.3, 0.4) is 0 Å². The van der Waals surface area contributed by atoms with Crippen molar-refractivity contribution in [3.8, 4) is 11.7 Å². The molecular formula is C17H12F6N4O2. The lowest BCUT2D eigenvalue weighted by Gasteiger charge is -2.18. The van der Waals surface area contributed by atoms with E-state index in [4.69, 9.17) is 9.84 Å². The normalized spacial score (nSPS) is 12.2. The number of hydrogen-bond acceptors (Lipinski definition) is 5. The molecule has 0 spiro atoms. The van der Waals surface area contributed by atoms with Crippen LogP contribution in [0, 0.1) is 0 Å². The molecule has 0 fully saturated rings. The first-order chi connectivity index (χ1) is 13.6. The first-order valence-electron chi connectivity index (χ1n) is 7.96. The van der Waals surface area contributed by atoms with Crippen LogP contribution in [0.4, 0.5) is 26.3 Å². The Morgan fingerprint density at radius 2 is 1.52 bits per heavy atom. The number of halogens is 6. The predicted octanol–water partition coefficient (Wildman–Crippen LogP) is 3.77. The average molecular weight is 418 g/mol. The smallest absolute Gasteiger partial charge is 0.416 e. The topological polar surface area (TPSA) is 73.1 Å². The lowest BCUT2D eigenvalue weighted by Crippen LogP contribution is -2.18. The molecule has 154 valence electrons. The largest absolute Gasteiger partial charge is 0.486 e. The van der Waals surface area contributed by atoms with E-state index in [1.54, 1.807) is 0 Å². The molecule has 2 heterocycles. The van der Waals surface area contributed by atoms with Gasteiger partial charge in [0, 0.05) is 11.8 Å². The standard InChI is InChI=1S/C17H12F6N4O2/c18-16(19,20)13-2-1-3-14(17(21,22)23)12(13)9-29-11-6-24-15(25-7-11)27-5-4-10(8-28)26-27/h1-7,28H,8-9H2. The second-order valence-electron chi connectivity index (χ2n) is 5.74. The van der Waals surface area contributed by atoms with Crippen LogP contribution in [-0.2, 0) is 25.6 Å². The van der Waals surface area contributed by atoms with E-state index in [0.717, 1.165) is 12.4 Å². The Bertz CT molecular complexity index is 951. The lowest BCUT2D eigenvalue weighted by molar-refractivity contribution is -0.145. The van der Waals surface area contributed by atoms with Crippen molar-refractivity contribution in [1.82, 2.24) is 19.7 Å². The molecule has 1 N–H and O–H groups in total. The molecule has 12 heteroatoms. The minimum Gasteiger partial charge on any atom is -0.486 e. The molecule has 3 rings (SSSR count). The third-order valence-electron chi connectivity index (χ3n) is 3.80. The summed E-state index contributed by atoms with van der Waals surface area (Å²) in [6, 6.07) is 3.33. The Morgan fingerprint density at radius 3 is 2.00 bits per heavy atom. The summed E-state index contributed by atoms with van der Waals surface area (Å²) in [4.78, 5) is 7.78. The second-order valence-corrected chi connectivity index (χ2v) is 5.74. The van der Waals surface area contributed by atoms with Gasteiger partial charge in [-0.15, -0.1) is 0 Å². The van der Waals surface area contributed by atoms with Crippen molar-refractivity contribution in [3.05, 3.63) is 65.2 Å². The maximum absolute atomic E-state index is 13.1. The first kappa shape index (κ1) is 20.6. The fraction of sp³-hybridized carbons (Fsp3) is 0.235. The molecule has 2 aromatic heterocycles. The van der Waals surface area contributed by atoms with E-state index < -0.39 is 35.6 Å². The highest BCUT2D eigenvalue weighted by molar-refractivity contribution is 5.39. The van der Waals surface area contributed by atoms with Gasteiger partial charge in [0.05, 0.1) is 35.8 Å². The molecule has 0 saturated heterocycles. The number of ether oxygens (including phenoxy) is 1. The van der Waals surface area contributed by atoms with Gasteiger partial charge in [0.2, 0.25) is 0 Å². The molecule has 29 heavy (non-hydrogen) atoms. The minimum absolute atomic E-state index is 0.0729. The van der Waals surface area contributed by atoms with Crippen molar-refractivity contribution in [2.75, 3.05) is 0 Å². The van der Waals surface area contributed by atoms with Crippen LogP contribution in [0.25, 0.3) is 5.95 Å². The Hall–Kier alpha value is -3.15. The predicted molar refractivity (Wildman–Crippen MR) is 85.9 cm³/mol. The fourth-order valence-electron chi connectivity index (χ4n) is 2.49.